The predicted molar refractivity (Wildman–Crippen MR) is 84.3 cm³/mol. The molecule has 20 heavy (non-hydrogen) atoms. The summed E-state index contributed by atoms with van der Waals surface area (Å²) >= 11 is 3.48. The highest BCUT2D eigenvalue weighted by Crippen LogP contribution is 2.42. The van der Waals surface area contributed by atoms with Gasteiger partial charge in [-0.15, -0.1) is 0 Å². The Hall–Kier alpha value is -0.540. The highest BCUT2D eigenvalue weighted by atomic mass is 79.9. The second-order valence-corrected chi connectivity index (χ2v) is 7.16. The maximum Gasteiger partial charge on any atom is 0.122 e. The first-order valence-corrected chi connectivity index (χ1v) is 8.53. The number of aryl methyl sites for hydroxylation is 1. The van der Waals surface area contributed by atoms with E-state index in [4.69, 9.17) is 9.47 Å². The molecule has 1 spiro atoms. The van der Waals surface area contributed by atoms with E-state index >= 15 is 0 Å². The van der Waals surface area contributed by atoms with Gasteiger partial charge in [0.15, 0.2) is 0 Å². The third-order valence-corrected chi connectivity index (χ3v) is 5.16. The maximum absolute atomic E-state index is 6.34. The highest BCUT2D eigenvalue weighted by Gasteiger charge is 2.40. The largest absolute Gasteiger partial charge is 0.491 e. The number of benzene rings is 1. The van der Waals surface area contributed by atoms with Crippen LogP contribution in [0.5, 0.6) is 5.75 Å². The molecule has 1 atom stereocenters. The molecule has 1 aromatic carbocycles. The van der Waals surface area contributed by atoms with Gasteiger partial charge in [-0.3, -0.25) is 0 Å². The van der Waals surface area contributed by atoms with Gasteiger partial charge in [-0.25, -0.2) is 0 Å². The number of hydrogen-bond acceptors (Lipinski definition) is 2. The zero-order chi connectivity index (χ0) is 14.0. The lowest BCUT2D eigenvalue weighted by Crippen LogP contribution is -2.32. The van der Waals surface area contributed by atoms with Gasteiger partial charge in [0.1, 0.15) is 12.4 Å². The normalized spacial score (nSPS) is 25.0. The van der Waals surface area contributed by atoms with Crippen molar-refractivity contribution in [1.29, 1.82) is 0 Å². The Morgan fingerprint density at radius 1 is 1.25 bits per heavy atom. The van der Waals surface area contributed by atoms with Crippen LogP contribution in [-0.2, 0) is 4.74 Å². The fourth-order valence-corrected chi connectivity index (χ4v) is 4.01. The molecule has 0 bridgehead atoms. The van der Waals surface area contributed by atoms with Crippen LogP contribution in [0.15, 0.2) is 22.7 Å². The minimum Gasteiger partial charge on any atom is -0.491 e. The Bertz CT molecular complexity index is 466. The zero-order valence-corrected chi connectivity index (χ0v) is 13.7. The van der Waals surface area contributed by atoms with Gasteiger partial charge >= 0.3 is 0 Å². The predicted octanol–water partition coefficient (Wildman–Crippen LogP) is 5.02. The molecular weight excluding hydrogens is 316 g/mol. The van der Waals surface area contributed by atoms with Crippen LogP contribution in [0.4, 0.5) is 0 Å². The fraction of sp³-hybridized carbons (Fsp3) is 0.647. The zero-order valence-electron chi connectivity index (χ0n) is 12.2. The van der Waals surface area contributed by atoms with Gasteiger partial charge in [0.05, 0.1) is 11.7 Å². The molecule has 1 unspecified atom stereocenters. The Labute approximate surface area is 130 Å². The van der Waals surface area contributed by atoms with Crippen LogP contribution < -0.4 is 4.74 Å². The topological polar surface area (TPSA) is 18.5 Å². The minimum atomic E-state index is 0.195. The Balaban J connectivity index is 1.54. The van der Waals surface area contributed by atoms with Crippen molar-refractivity contribution in [3.8, 4) is 5.75 Å². The van der Waals surface area contributed by atoms with Gasteiger partial charge < -0.3 is 9.47 Å². The van der Waals surface area contributed by atoms with E-state index in [-0.39, 0.29) is 11.7 Å². The van der Waals surface area contributed by atoms with Crippen molar-refractivity contribution in [1.82, 2.24) is 0 Å². The molecule has 1 saturated carbocycles. The summed E-state index contributed by atoms with van der Waals surface area (Å²) in [5.41, 5.74) is 1.37. The van der Waals surface area contributed by atoms with Crippen LogP contribution >= 0.6 is 15.9 Å². The van der Waals surface area contributed by atoms with E-state index in [0.29, 0.717) is 6.61 Å². The number of rotatable bonds is 3. The summed E-state index contributed by atoms with van der Waals surface area (Å²) in [5.74, 6) is 0.974. The molecule has 1 heterocycles. The molecule has 1 aromatic rings. The lowest BCUT2D eigenvalue weighted by molar-refractivity contribution is -0.0749. The van der Waals surface area contributed by atoms with E-state index in [1.807, 2.05) is 12.1 Å². The van der Waals surface area contributed by atoms with Crippen LogP contribution in [0.2, 0.25) is 0 Å². The van der Waals surface area contributed by atoms with Gasteiger partial charge in [-0.2, -0.15) is 0 Å². The molecule has 0 amide bonds. The number of ether oxygens (including phenoxy) is 2. The summed E-state index contributed by atoms with van der Waals surface area (Å²) < 4.78 is 13.4. The molecule has 1 aliphatic heterocycles. The molecule has 0 radical (unpaired) electrons. The molecular formula is C17H23BrO2. The van der Waals surface area contributed by atoms with Gasteiger partial charge in [-0.05, 0) is 56.4 Å². The third-order valence-electron chi connectivity index (χ3n) is 4.67. The van der Waals surface area contributed by atoms with Crippen molar-refractivity contribution >= 4 is 15.9 Å². The van der Waals surface area contributed by atoms with E-state index in [1.165, 1.54) is 44.1 Å². The second-order valence-electron chi connectivity index (χ2n) is 6.24. The van der Waals surface area contributed by atoms with Gasteiger partial charge in [0, 0.05) is 4.47 Å². The lowest BCUT2D eigenvalue weighted by Gasteiger charge is -2.33. The summed E-state index contributed by atoms with van der Waals surface area (Å²) in [7, 11) is 0. The molecule has 2 fully saturated rings. The molecule has 2 nitrogen and oxygen atoms in total. The van der Waals surface area contributed by atoms with Crippen LogP contribution in [-0.4, -0.2) is 18.3 Å². The second kappa shape index (κ2) is 6.07. The Morgan fingerprint density at radius 3 is 2.80 bits per heavy atom. The van der Waals surface area contributed by atoms with E-state index < -0.39 is 0 Å². The fourth-order valence-electron chi connectivity index (χ4n) is 3.53. The SMILES string of the molecule is Cc1cc(Br)ccc1OCC1CCC2(CCCCC2)O1. The molecule has 3 heteroatoms. The molecule has 0 N–H and O–H groups in total. The molecule has 2 aliphatic rings. The molecule has 3 rings (SSSR count). The maximum atomic E-state index is 6.34. The van der Waals surface area contributed by atoms with Crippen LogP contribution in [0.3, 0.4) is 0 Å². The molecule has 110 valence electrons. The van der Waals surface area contributed by atoms with Crippen molar-refractivity contribution in [2.45, 2.75) is 63.6 Å². The Morgan fingerprint density at radius 2 is 2.05 bits per heavy atom. The van der Waals surface area contributed by atoms with Crippen LogP contribution in [0.25, 0.3) is 0 Å². The average Bonchev–Trinajstić information content (AvgIpc) is 2.82. The van der Waals surface area contributed by atoms with Crippen molar-refractivity contribution in [3.05, 3.63) is 28.2 Å². The first kappa shape index (κ1) is 14.4. The van der Waals surface area contributed by atoms with Gasteiger partial charge in [-0.1, -0.05) is 35.2 Å². The van der Waals surface area contributed by atoms with E-state index in [2.05, 4.69) is 28.9 Å². The smallest absolute Gasteiger partial charge is 0.122 e. The number of halogens is 1. The summed E-state index contributed by atoms with van der Waals surface area (Å²) in [6.45, 7) is 2.77. The third kappa shape index (κ3) is 3.20. The van der Waals surface area contributed by atoms with E-state index in [0.717, 1.165) is 16.6 Å². The minimum absolute atomic E-state index is 0.195. The lowest BCUT2D eigenvalue weighted by atomic mass is 9.83. The monoisotopic (exact) mass is 338 g/mol. The van der Waals surface area contributed by atoms with Gasteiger partial charge in [0.2, 0.25) is 0 Å². The molecule has 0 aromatic heterocycles. The average molecular weight is 339 g/mol. The summed E-state index contributed by atoms with van der Waals surface area (Å²) in [6.07, 6.45) is 9.19. The van der Waals surface area contributed by atoms with Gasteiger partial charge in [0.25, 0.3) is 0 Å². The summed E-state index contributed by atoms with van der Waals surface area (Å²) in [4.78, 5) is 0. The molecule has 1 aliphatic carbocycles. The highest BCUT2D eigenvalue weighted by molar-refractivity contribution is 9.10. The quantitative estimate of drug-likeness (QED) is 0.770. The van der Waals surface area contributed by atoms with Crippen molar-refractivity contribution < 1.29 is 9.47 Å². The standard InChI is InChI=1S/C17H23BrO2/c1-13-11-14(18)5-6-16(13)19-12-15-7-10-17(20-15)8-3-2-4-9-17/h5-6,11,15H,2-4,7-10,12H2,1H3. The molecule has 1 saturated heterocycles. The van der Waals surface area contributed by atoms with Crippen molar-refractivity contribution in [3.63, 3.8) is 0 Å². The number of hydrogen-bond donors (Lipinski definition) is 0. The van der Waals surface area contributed by atoms with E-state index in [9.17, 15) is 0 Å². The van der Waals surface area contributed by atoms with E-state index in [1.54, 1.807) is 0 Å². The Kier molecular flexibility index (Phi) is 4.37. The first-order valence-electron chi connectivity index (χ1n) is 7.74. The first-order chi connectivity index (χ1) is 9.67. The summed E-state index contributed by atoms with van der Waals surface area (Å²) in [5, 5.41) is 0. The van der Waals surface area contributed by atoms with Crippen LogP contribution in [0, 0.1) is 6.92 Å². The summed E-state index contributed by atoms with van der Waals surface area (Å²) in [6, 6.07) is 6.15. The van der Waals surface area contributed by atoms with Crippen molar-refractivity contribution in [2.75, 3.05) is 6.61 Å². The van der Waals surface area contributed by atoms with Crippen LogP contribution in [0.1, 0.15) is 50.5 Å². The van der Waals surface area contributed by atoms with Crippen molar-refractivity contribution in [2.24, 2.45) is 0 Å².